The highest BCUT2D eigenvalue weighted by Gasteiger charge is 2.27. The van der Waals surface area contributed by atoms with Gasteiger partial charge < -0.3 is 24.3 Å². The summed E-state index contributed by atoms with van der Waals surface area (Å²) >= 11 is 0. The summed E-state index contributed by atoms with van der Waals surface area (Å²) in [5, 5.41) is 0. The van der Waals surface area contributed by atoms with E-state index < -0.39 is 7.60 Å². The van der Waals surface area contributed by atoms with Gasteiger partial charge in [-0.3, -0.25) is 4.52 Å². The van der Waals surface area contributed by atoms with Crippen LogP contribution in [0.4, 0.5) is 5.82 Å². The van der Waals surface area contributed by atoms with Gasteiger partial charge in [-0.15, -0.1) is 0 Å². The van der Waals surface area contributed by atoms with Crippen LogP contribution >= 0.6 is 7.60 Å². The van der Waals surface area contributed by atoms with E-state index in [-0.39, 0.29) is 19.6 Å². The molecule has 2 N–H and O–H groups in total. The van der Waals surface area contributed by atoms with Crippen LogP contribution in [0.25, 0.3) is 11.2 Å². The maximum absolute atomic E-state index is 13.5. The zero-order valence-corrected chi connectivity index (χ0v) is 28.3. The van der Waals surface area contributed by atoms with Crippen molar-refractivity contribution in [1.82, 2.24) is 19.5 Å². The number of fused-ring (bicyclic) bond motifs is 1. The van der Waals surface area contributed by atoms with Gasteiger partial charge in [0.15, 0.2) is 17.8 Å². The number of para-hydroxylation sites is 1. The highest BCUT2D eigenvalue weighted by atomic mass is 31.2. The Labute approximate surface area is 270 Å². The number of ether oxygens (including phenoxy) is 2. The number of benzene rings is 1. The minimum Gasteiger partial charge on any atom is -0.423 e. The van der Waals surface area contributed by atoms with Crippen molar-refractivity contribution in [2.75, 3.05) is 38.5 Å². The lowest BCUT2D eigenvalue weighted by Gasteiger charge is -2.19. The molecule has 2 aromatic heterocycles. The van der Waals surface area contributed by atoms with E-state index in [1.165, 1.54) is 103 Å². The van der Waals surface area contributed by atoms with Crippen LogP contribution in [-0.4, -0.2) is 52.3 Å². The number of hydrogen-bond acceptors (Lipinski definition) is 9. The van der Waals surface area contributed by atoms with Crippen molar-refractivity contribution < 1.29 is 23.1 Å². The molecular weight excluding hydrogens is 589 g/mol. The van der Waals surface area contributed by atoms with Gasteiger partial charge in [0.25, 0.3) is 0 Å². The lowest BCUT2D eigenvalue weighted by molar-refractivity contribution is 0.0853. The number of hydrogen-bond donors (Lipinski definition) is 1. The van der Waals surface area contributed by atoms with E-state index in [4.69, 9.17) is 24.3 Å². The average molecular weight is 646 g/mol. The molecule has 1 unspecified atom stereocenters. The molecule has 0 spiro atoms. The molecule has 3 rings (SSSR count). The number of nitrogen functional groups attached to an aromatic ring is 1. The molecule has 0 fully saturated rings. The van der Waals surface area contributed by atoms with Crippen molar-refractivity contribution in [3.05, 3.63) is 43.0 Å². The molecule has 1 atom stereocenters. The van der Waals surface area contributed by atoms with E-state index in [1.54, 1.807) is 18.5 Å². The second-order valence-corrected chi connectivity index (χ2v) is 13.6. The van der Waals surface area contributed by atoms with Crippen LogP contribution in [0.2, 0.25) is 0 Å². The van der Waals surface area contributed by atoms with Crippen LogP contribution in [0, 0.1) is 0 Å². The lowest BCUT2D eigenvalue weighted by atomic mass is 10.0. The van der Waals surface area contributed by atoms with Crippen LogP contribution < -0.4 is 10.3 Å². The second kappa shape index (κ2) is 22.9. The predicted molar refractivity (Wildman–Crippen MR) is 182 cm³/mol. The van der Waals surface area contributed by atoms with Gasteiger partial charge in [-0.05, 0) is 18.6 Å². The third kappa shape index (κ3) is 15.6. The fourth-order valence-corrected chi connectivity index (χ4v) is 6.55. The van der Waals surface area contributed by atoms with Gasteiger partial charge in [0.2, 0.25) is 0 Å². The van der Waals surface area contributed by atoms with Gasteiger partial charge in [0.05, 0.1) is 26.1 Å². The standard InChI is InChI=1S/C34H56N5O5P/c1-2-3-4-5-6-7-8-9-10-11-12-13-14-15-16-20-24-41-26-27-43-45(40,44-31-21-18-17-19-22-31)30-42-25-23-39-29-38-32-33(35)36-28-37-34(32)39/h17-19,21-22,28-29H,2-16,20,23-27,30H2,1H3,(H2,35,36,37). The number of imidazole rings is 1. The lowest BCUT2D eigenvalue weighted by Crippen LogP contribution is -2.12. The normalized spacial score (nSPS) is 12.9. The van der Waals surface area contributed by atoms with Gasteiger partial charge >= 0.3 is 7.60 Å². The van der Waals surface area contributed by atoms with Gasteiger partial charge in [0, 0.05) is 13.2 Å². The topological polar surface area (TPSA) is 124 Å². The molecule has 0 aliphatic rings. The van der Waals surface area contributed by atoms with E-state index in [9.17, 15) is 4.57 Å². The zero-order chi connectivity index (χ0) is 31.8. The first-order valence-corrected chi connectivity index (χ1v) is 18.9. The fourth-order valence-electron chi connectivity index (χ4n) is 5.22. The van der Waals surface area contributed by atoms with Crippen molar-refractivity contribution >= 4 is 24.6 Å². The highest BCUT2D eigenvalue weighted by molar-refractivity contribution is 7.54. The maximum atomic E-state index is 13.5. The van der Waals surface area contributed by atoms with Crippen LogP contribution in [0.3, 0.4) is 0 Å². The molecule has 0 bridgehead atoms. The molecule has 0 radical (unpaired) electrons. The first kappa shape index (κ1) is 36.9. The summed E-state index contributed by atoms with van der Waals surface area (Å²) < 4.78 is 38.3. The Balaban J connectivity index is 1.21. The van der Waals surface area contributed by atoms with Gasteiger partial charge in [0.1, 0.15) is 17.6 Å². The monoisotopic (exact) mass is 645 g/mol. The summed E-state index contributed by atoms with van der Waals surface area (Å²) in [6, 6.07) is 8.99. The second-order valence-electron chi connectivity index (χ2n) is 11.7. The molecular formula is C34H56N5O5P. The quantitative estimate of drug-likeness (QED) is 0.0609. The zero-order valence-electron chi connectivity index (χ0n) is 27.5. The molecule has 0 aliphatic carbocycles. The van der Waals surface area contributed by atoms with E-state index in [0.717, 1.165) is 6.42 Å². The third-order valence-electron chi connectivity index (χ3n) is 7.80. The molecule has 2 heterocycles. The summed E-state index contributed by atoms with van der Waals surface area (Å²) in [4.78, 5) is 12.4. The fraction of sp³-hybridized carbons (Fsp3) is 0.676. The Hall–Kier alpha value is -2.52. The molecule has 45 heavy (non-hydrogen) atoms. The van der Waals surface area contributed by atoms with E-state index in [0.29, 0.717) is 42.5 Å². The summed E-state index contributed by atoms with van der Waals surface area (Å²) in [6.07, 6.45) is 24.3. The molecule has 11 heteroatoms. The van der Waals surface area contributed by atoms with E-state index >= 15 is 0 Å². The average Bonchev–Trinajstić information content (AvgIpc) is 3.47. The molecule has 0 aliphatic heterocycles. The Morgan fingerprint density at radius 3 is 1.98 bits per heavy atom. The van der Waals surface area contributed by atoms with Crippen molar-refractivity contribution in [3.8, 4) is 5.75 Å². The summed E-state index contributed by atoms with van der Waals surface area (Å²) in [7, 11) is -3.57. The first-order valence-electron chi connectivity index (χ1n) is 17.2. The Morgan fingerprint density at radius 2 is 1.33 bits per heavy atom. The van der Waals surface area contributed by atoms with E-state index in [2.05, 4.69) is 21.9 Å². The number of nitrogens with zero attached hydrogens (tertiary/aromatic N) is 4. The van der Waals surface area contributed by atoms with Crippen molar-refractivity contribution in [2.45, 2.75) is 116 Å². The molecule has 0 saturated carbocycles. The molecule has 1 aromatic carbocycles. The van der Waals surface area contributed by atoms with Gasteiger partial charge in [-0.2, -0.15) is 0 Å². The maximum Gasteiger partial charge on any atom is 0.404 e. The number of unbranched alkanes of at least 4 members (excludes halogenated alkanes) is 15. The SMILES string of the molecule is CCCCCCCCCCCCCCCCCCOCCOP(=O)(COCCn1cnc2c(N)ncnc21)Oc1ccccc1. The Morgan fingerprint density at radius 1 is 0.711 bits per heavy atom. The third-order valence-corrected chi connectivity index (χ3v) is 9.36. The van der Waals surface area contributed by atoms with Crippen molar-refractivity contribution in [1.29, 1.82) is 0 Å². The highest BCUT2D eigenvalue weighted by Crippen LogP contribution is 2.48. The van der Waals surface area contributed by atoms with Crippen LogP contribution in [-0.2, 0) is 25.1 Å². The minimum atomic E-state index is -3.57. The Kier molecular flexibility index (Phi) is 18.8. The van der Waals surface area contributed by atoms with Gasteiger partial charge in [-0.1, -0.05) is 121 Å². The first-order chi connectivity index (χ1) is 22.1. The van der Waals surface area contributed by atoms with Gasteiger partial charge in [-0.25, -0.2) is 19.5 Å². The number of aromatic nitrogens is 4. The number of nitrogens with two attached hydrogens (primary N) is 1. The largest absolute Gasteiger partial charge is 0.423 e. The summed E-state index contributed by atoms with van der Waals surface area (Å²) in [5.74, 6) is 0.789. The van der Waals surface area contributed by atoms with Crippen LogP contribution in [0.5, 0.6) is 5.75 Å². The molecule has 10 nitrogen and oxygen atoms in total. The Bertz CT molecular complexity index is 1210. The minimum absolute atomic E-state index is 0.161. The molecule has 0 amide bonds. The van der Waals surface area contributed by atoms with Crippen LogP contribution in [0.1, 0.15) is 110 Å². The number of anilines is 1. The molecule has 252 valence electrons. The predicted octanol–water partition coefficient (Wildman–Crippen LogP) is 8.95. The van der Waals surface area contributed by atoms with Crippen LogP contribution in [0.15, 0.2) is 43.0 Å². The molecule has 3 aromatic rings. The molecule has 0 saturated heterocycles. The smallest absolute Gasteiger partial charge is 0.404 e. The van der Waals surface area contributed by atoms with E-state index in [1.807, 2.05) is 22.8 Å². The summed E-state index contributed by atoms with van der Waals surface area (Å²) in [6.45, 7) is 4.17. The van der Waals surface area contributed by atoms with Crippen molar-refractivity contribution in [2.24, 2.45) is 0 Å². The number of rotatable bonds is 28. The summed E-state index contributed by atoms with van der Waals surface area (Å²) in [5.41, 5.74) is 7.02. The van der Waals surface area contributed by atoms with Crippen molar-refractivity contribution in [3.63, 3.8) is 0 Å².